The molecule has 0 spiro atoms. The SMILES string of the molecule is CCn1c(SCC(=O)Nc2ccc(C)cc2F)nc2ccccc2c1=O. The Hall–Kier alpha value is -2.67. The standard InChI is InChI=1S/C19H18FN3O2S/c1-3-23-18(25)13-6-4-5-7-15(13)22-19(23)26-11-17(24)21-16-9-8-12(2)10-14(16)20/h4-10H,3,11H2,1-2H3,(H,21,24). The molecule has 1 amide bonds. The van der Waals surface area contributed by atoms with Gasteiger partial charge >= 0.3 is 0 Å². The Balaban J connectivity index is 1.78. The van der Waals surface area contributed by atoms with Gasteiger partial charge in [0.15, 0.2) is 5.16 Å². The van der Waals surface area contributed by atoms with Gasteiger partial charge in [-0.15, -0.1) is 0 Å². The molecule has 0 atom stereocenters. The number of hydrogen-bond acceptors (Lipinski definition) is 4. The van der Waals surface area contributed by atoms with E-state index in [1.54, 1.807) is 31.2 Å². The van der Waals surface area contributed by atoms with Crippen LogP contribution in [0.25, 0.3) is 10.9 Å². The molecule has 134 valence electrons. The van der Waals surface area contributed by atoms with E-state index in [2.05, 4.69) is 10.3 Å². The third-order valence-corrected chi connectivity index (χ3v) is 4.85. The van der Waals surface area contributed by atoms with Gasteiger partial charge in [0.2, 0.25) is 5.91 Å². The summed E-state index contributed by atoms with van der Waals surface area (Å²) in [5, 5.41) is 3.56. The zero-order chi connectivity index (χ0) is 18.7. The Morgan fingerprint density at radius 1 is 1.27 bits per heavy atom. The highest BCUT2D eigenvalue weighted by Gasteiger charge is 2.13. The molecule has 0 aliphatic heterocycles. The molecule has 0 radical (unpaired) electrons. The molecule has 0 aliphatic rings. The lowest BCUT2D eigenvalue weighted by molar-refractivity contribution is -0.113. The number of anilines is 1. The number of benzene rings is 2. The maximum absolute atomic E-state index is 13.8. The summed E-state index contributed by atoms with van der Waals surface area (Å²) < 4.78 is 15.4. The van der Waals surface area contributed by atoms with Crippen LogP contribution in [-0.2, 0) is 11.3 Å². The van der Waals surface area contributed by atoms with E-state index in [0.29, 0.717) is 22.6 Å². The van der Waals surface area contributed by atoms with Crippen LogP contribution < -0.4 is 10.9 Å². The first-order valence-electron chi connectivity index (χ1n) is 8.18. The second-order valence-electron chi connectivity index (χ2n) is 5.78. The molecule has 0 fully saturated rings. The molecule has 0 aliphatic carbocycles. The van der Waals surface area contributed by atoms with Crippen molar-refractivity contribution in [3.63, 3.8) is 0 Å². The van der Waals surface area contributed by atoms with Crippen LogP contribution in [-0.4, -0.2) is 21.2 Å². The van der Waals surface area contributed by atoms with Gasteiger partial charge in [-0.25, -0.2) is 9.37 Å². The predicted octanol–water partition coefficient (Wildman–Crippen LogP) is 3.59. The Morgan fingerprint density at radius 3 is 2.77 bits per heavy atom. The number of aryl methyl sites for hydroxylation is 1. The Bertz CT molecular complexity index is 1030. The van der Waals surface area contributed by atoms with E-state index in [1.165, 1.54) is 16.7 Å². The first-order chi connectivity index (χ1) is 12.5. The van der Waals surface area contributed by atoms with E-state index in [0.717, 1.165) is 17.3 Å². The highest BCUT2D eigenvalue weighted by atomic mass is 32.2. The number of nitrogens with zero attached hydrogens (tertiary/aromatic N) is 2. The quantitative estimate of drug-likeness (QED) is 0.550. The molecule has 7 heteroatoms. The fourth-order valence-corrected chi connectivity index (χ4v) is 3.44. The number of amides is 1. The van der Waals surface area contributed by atoms with Crippen LogP contribution in [0.5, 0.6) is 0 Å². The van der Waals surface area contributed by atoms with E-state index in [9.17, 15) is 14.0 Å². The molecule has 3 rings (SSSR count). The summed E-state index contributed by atoms with van der Waals surface area (Å²) in [4.78, 5) is 29.2. The molecular formula is C19H18FN3O2S. The fraction of sp³-hybridized carbons (Fsp3) is 0.211. The van der Waals surface area contributed by atoms with Gasteiger partial charge in [-0.05, 0) is 43.7 Å². The van der Waals surface area contributed by atoms with Gasteiger partial charge < -0.3 is 5.32 Å². The minimum Gasteiger partial charge on any atom is -0.323 e. The lowest BCUT2D eigenvalue weighted by Gasteiger charge is -2.11. The number of nitrogens with one attached hydrogen (secondary N) is 1. The van der Waals surface area contributed by atoms with Crippen LogP contribution in [0.4, 0.5) is 10.1 Å². The average molecular weight is 371 g/mol. The van der Waals surface area contributed by atoms with Crippen molar-refractivity contribution in [3.8, 4) is 0 Å². The number of thioether (sulfide) groups is 1. The van der Waals surface area contributed by atoms with Crippen molar-refractivity contribution >= 4 is 34.3 Å². The summed E-state index contributed by atoms with van der Waals surface area (Å²) >= 11 is 1.15. The van der Waals surface area contributed by atoms with E-state index < -0.39 is 5.82 Å². The van der Waals surface area contributed by atoms with Gasteiger partial charge in [-0.2, -0.15) is 0 Å². The highest BCUT2D eigenvalue weighted by molar-refractivity contribution is 7.99. The minimum absolute atomic E-state index is 0.0259. The summed E-state index contributed by atoms with van der Waals surface area (Å²) in [7, 11) is 0. The fourth-order valence-electron chi connectivity index (χ4n) is 2.57. The number of para-hydroxylation sites is 1. The van der Waals surface area contributed by atoms with Crippen LogP contribution in [0.1, 0.15) is 12.5 Å². The van der Waals surface area contributed by atoms with Crippen LogP contribution >= 0.6 is 11.8 Å². The van der Waals surface area contributed by atoms with Gasteiger partial charge in [0, 0.05) is 6.54 Å². The third kappa shape index (κ3) is 3.77. The normalized spacial score (nSPS) is 10.9. The Morgan fingerprint density at radius 2 is 2.04 bits per heavy atom. The maximum atomic E-state index is 13.8. The van der Waals surface area contributed by atoms with Crippen molar-refractivity contribution in [1.29, 1.82) is 0 Å². The molecule has 0 saturated carbocycles. The molecule has 0 saturated heterocycles. The van der Waals surface area contributed by atoms with Crippen LogP contribution in [0.3, 0.4) is 0 Å². The number of hydrogen-bond donors (Lipinski definition) is 1. The van der Waals surface area contributed by atoms with Crippen LogP contribution in [0, 0.1) is 12.7 Å². The molecular weight excluding hydrogens is 353 g/mol. The molecule has 0 bridgehead atoms. The van der Waals surface area contributed by atoms with Crippen molar-refractivity contribution in [1.82, 2.24) is 9.55 Å². The molecule has 1 heterocycles. The molecule has 0 unspecified atom stereocenters. The van der Waals surface area contributed by atoms with Gasteiger partial charge in [0.1, 0.15) is 5.82 Å². The van der Waals surface area contributed by atoms with Crippen molar-refractivity contribution in [2.45, 2.75) is 25.5 Å². The lowest BCUT2D eigenvalue weighted by atomic mass is 10.2. The van der Waals surface area contributed by atoms with Crippen molar-refractivity contribution in [2.75, 3.05) is 11.1 Å². The molecule has 5 nitrogen and oxygen atoms in total. The van der Waals surface area contributed by atoms with Crippen molar-refractivity contribution < 1.29 is 9.18 Å². The summed E-state index contributed by atoms with van der Waals surface area (Å²) in [6.07, 6.45) is 0. The first kappa shape index (κ1) is 18.1. The van der Waals surface area contributed by atoms with E-state index >= 15 is 0 Å². The van der Waals surface area contributed by atoms with E-state index in [-0.39, 0.29) is 22.9 Å². The molecule has 1 N–H and O–H groups in total. The van der Waals surface area contributed by atoms with Crippen molar-refractivity contribution in [2.24, 2.45) is 0 Å². The number of fused-ring (bicyclic) bond motifs is 1. The first-order valence-corrected chi connectivity index (χ1v) is 9.16. The number of rotatable bonds is 5. The Labute approximate surface area is 154 Å². The maximum Gasteiger partial charge on any atom is 0.262 e. The van der Waals surface area contributed by atoms with E-state index in [1.807, 2.05) is 13.0 Å². The van der Waals surface area contributed by atoms with Gasteiger partial charge in [-0.1, -0.05) is 30.0 Å². The monoisotopic (exact) mass is 371 g/mol. The van der Waals surface area contributed by atoms with Gasteiger partial charge in [0.05, 0.1) is 22.3 Å². The van der Waals surface area contributed by atoms with E-state index in [4.69, 9.17) is 0 Å². The van der Waals surface area contributed by atoms with Gasteiger partial charge in [0.25, 0.3) is 5.56 Å². The largest absolute Gasteiger partial charge is 0.323 e. The minimum atomic E-state index is -0.474. The van der Waals surface area contributed by atoms with Crippen LogP contribution in [0.2, 0.25) is 0 Å². The zero-order valence-corrected chi connectivity index (χ0v) is 15.3. The summed E-state index contributed by atoms with van der Waals surface area (Å²) in [5.41, 5.74) is 1.38. The number of carbonyl (C=O) groups is 1. The number of halogens is 1. The third-order valence-electron chi connectivity index (χ3n) is 3.87. The number of aromatic nitrogens is 2. The summed E-state index contributed by atoms with van der Waals surface area (Å²) in [5.74, 6) is -0.807. The Kier molecular flexibility index (Phi) is 5.37. The molecule has 1 aromatic heterocycles. The summed E-state index contributed by atoms with van der Waals surface area (Å²) in [6, 6.07) is 11.7. The van der Waals surface area contributed by atoms with Crippen molar-refractivity contribution in [3.05, 3.63) is 64.2 Å². The molecule has 2 aromatic carbocycles. The lowest BCUT2D eigenvalue weighted by Crippen LogP contribution is -2.23. The number of carbonyl (C=O) groups excluding carboxylic acids is 1. The summed E-state index contributed by atoms with van der Waals surface area (Å²) in [6.45, 7) is 4.08. The second-order valence-corrected chi connectivity index (χ2v) is 6.72. The van der Waals surface area contributed by atoms with Gasteiger partial charge in [-0.3, -0.25) is 14.2 Å². The second kappa shape index (κ2) is 7.70. The zero-order valence-electron chi connectivity index (χ0n) is 14.5. The van der Waals surface area contributed by atoms with Crippen LogP contribution in [0.15, 0.2) is 52.4 Å². The predicted molar refractivity (Wildman–Crippen MR) is 102 cm³/mol. The average Bonchev–Trinajstić information content (AvgIpc) is 2.62. The smallest absolute Gasteiger partial charge is 0.262 e. The molecule has 3 aromatic rings. The topological polar surface area (TPSA) is 64.0 Å². The highest BCUT2D eigenvalue weighted by Crippen LogP contribution is 2.19. The molecule has 26 heavy (non-hydrogen) atoms.